The van der Waals surface area contributed by atoms with Gasteiger partial charge in [-0.25, -0.2) is 0 Å². The molecule has 1 unspecified atom stereocenters. The van der Waals surface area contributed by atoms with Crippen molar-refractivity contribution < 1.29 is 4.79 Å². The second kappa shape index (κ2) is 6.90. The van der Waals surface area contributed by atoms with Crippen LogP contribution in [0.5, 0.6) is 0 Å². The Morgan fingerprint density at radius 2 is 2.28 bits per heavy atom. The molecule has 98 valence electrons. The number of hydrogen-bond donors (Lipinski definition) is 2. The van der Waals surface area contributed by atoms with E-state index in [1.807, 2.05) is 24.3 Å². The molecule has 2 rings (SSSR count). The molecule has 0 bridgehead atoms. The van der Waals surface area contributed by atoms with Crippen LogP contribution in [0.1, 0.15) is 24.8 Å². The predicted octanol–water partition coefficient (Wildman–Crippen LogP) is 2.46. The molecule has 1 saturated heterocycles. The second-order valence-electron chi connectivity index (χ2n) is 4.78. The lowest BCUT2D eigenvalue weighted by Gasteiger charge is -2.22. The minimum Gasteiger partial charge on any atom is -0.352 e. The molecule has 4 heteroatoms. The summed E-state index contributed by atoms with van der Waals surface area (Å²) in [7, 11) is 0. The molecule has 2 N–H and O–H groups in total. The van der Waals surface area contributed by atoms with Gasteiger partial charge in [0, 0.05) is 17.4 Å². The van der Waals surface area contributed by atoms with E-state index in [1.54, 1.807) is 0 Å². The quantitative estimate of drug-likeness (QED) is 0.897. The van der Waals surface area contributed by atoms with Crippen molar-refractivity contribution in [2.24, 2.45) is 5.92 Å². The largest absolute Gasteiger partial charge is 0.352 e. The maximum absolute atomic E-state index is 11.8. The third-order valence-corrected chi connectivity index (χ3v) is 4.08. The number of hydrogen-bond acceptors (Lipinski definition) is 2. The van der Waals surface area contributed by atoms with Crippen molar-refractivity contribution in [2.45, 2.75) is 25.8 Å². The highest BCUT2D eigenvalue weighted by Crippen LogP contribution is 2.16. The lowest BCUT2D eigenvalue weighted by Crippen LogP contribution is -2.34. The summed E-state index contributed by atoms with van der Waals surface area (Å²) in [5, 5.41) is 6.33. The zero-order valence-electron chi connectivity index (χ0n) is 10.4. The molecule has 1 aromatic carbocycles. The molecule has 1 aliphatic rings. The summed E-state index contributed by atoms with van der Waals surface area (Å²) in [6.45, 7) is 2.66. The van der Waals surface area contributed by atoms with Crippen molar-refractivity contribution >= 4 is 21.8 Å². The fraction of sp³-hybridized carbons (Fsp3) is 0.500. The van der Waals surface area contributed by atoms with Gasteiger partial charge in [-0.05, 0) is 43.5 Å². The molecule has 0 aliphatic carbocycles. The van der Waals surface area contributed by atoms with Gasteiger partial charge in [-0.1, -0.05) is 34.1 Å². The summed E-state index contributed by atoms with van der Waals surface area (Å²) in [4.78, 5) is 11.8. The van der Waals surface area contributed by atoms with Crippen LogP contribution in [0.15, 0.2) is 28.7 Å². The van der Waals surface area contributed by atoms with Crippen molar-refractivity contribution in [3.05, 3.63) is 34.3 Å². The van der Waals surface area contributed by atoms with E-state index in [1.165, 1.54) is 6.42 Å². The molecule has 3 nitrogen and oxygen atoms in total. The maximum atomic E-state index is 11.8. The molecular weight excluding hydrogens is 292 g/mol. The zero-order chi connectivity index (χ0) is 12.8. The summed E-state index contributed by atoms with van der Waals surface area (Å²) in [6, 6.07) is 7.97. The topological polar surface area (TPSA) is 41.1 Å². The van der Waals surface area contributed by atoms with Gasteiger partial charge >= 0.3 is 0 Å². The Hall–Kier alpha value is -0.870. The van der Waals surface area contributed by atoms with Gasteiger partial charge in [-0.3, -0.25) is 4.79 Å². The van der Waals surface area contributed by atoms with Crippen molar-refractivity contribution in [3.8, 4) is 0 Å². The molecule has 0 radical (unpaired) electrons. The molecule has 0 spiro atoms. The Kier molecular flexibility index (Phi) is 5.20. The van der Waals surface area contributed by atoms with Crippen LogP contribution in [-0.2, 0) is 11.3 Å². The first kappa shape index (κ1) is 13.6. The molecule has 1 aliphatic heterocycles. The van der Waals surface area contributed by atoms with Crippen LogP contribution in [-0.4, -0.2) is 19.0 Å². The molecule has 1 fully saturated rings. The van der Waals surface area contributed by atoms with Crippen LogP contribution in [0.4, 0.5) is 0 Å². The minimum atomic E-state index is 0.152. The van der Waals surface area contributed by atoms with Crippen LogP contribution >= 0.6 is 15.9 Å². The van der Waals surface area contributed by atoms with Crippen LogP contribution < -0.4 is 10.6 Å². The number of carbonyl (C=O) groups excluding carboxylic acids is 1. The van der Waals surface area contributed by atoms with Gasteiger partial charge in [0.25, 0.3) is 0 Å². The van der Waals surface area contributed by atoms with E-state index in [0.717, 1.165) is 29.5 Å². The van der Waals surface area contributed by atoms with Crippen molar-refractivity contribution in [1.29, 1.82) is 0 Å². The number of benzene rings is 1. The van der Waals surface area contributed by atoms with Gasteiger partial charge in [-0.15, -0.1) is 0 Å². The van der Waals surface area contributed by atoms with Crippen LogP contribution in [0.2, 0.25) is 0 Å². The molecular formula is C14H19BrN2O. The number of rotatable bonds is 4. The highest BCUT2D eigenvalue weighted by atomic mass is 79.9. The lowest BCUT2D eigenvalue weighted by atomic mass is 9.96. The van der Waals surface area contributed by atoms with E-state index in [-0.39, 0.29) is 5.91 Å². The Morgan fingerprint density at radius 1 is 1.44 bits per heavy atom. The van der Waals surface area contributed by atoms with E-state index < -0.39 is 0 Å². The molecule has 0 saturated carbocycles. The van der Waals surface area contributed by atoms with Crippen molar-refractivity contribution in [3.63, 3.8) is 0 Å². The first-order valence-electron chi connectivity index (χ1n) is 6.46. The maximum Gasteiger partial charge on any atom is 0.220 e. The monoisotopic (exact) mass is 310 g/mol. The normalized spacial score (nSPS) is 19.5. The number of amides is 1. The van der Waals surface area contributed by atoms with Crippen molar-refractivity contribution in [1.82, 2.24) is 10.6 Å². The second-order valence-corrected chi connectivity index (χ2v) is 5.64. The fourth-order valence-electron chi connectivity index (χ4n) is 2.27. The predicted molar refractivity (Wildman–Crippen MR) is 76.2 cm³/mol. The number of nitrogens with one attached hydrogen (secondary N) is 2. The molecule has 1 aromatic rings. The van der Waals surface area contributed by atoms with E-state index in [9.17, 15) is 4.79 Å². The summed E-state index contributed by atoms with van der Waals surface area (Å²) < 4.78 is 1.05. The highest BCUT2D eigenvalue weighted by Gasteiger charge is 2.16. The van der Waals surface area contributed by atoms with Gasteiger partial charge in [-0.2, -0.15) is 0 Å². The Morgan fingerprint density at radius 3 is 3.00 bits per heavy atom. The Labute approximate surface area is 116 Å². The standard InChI is InChI=1S/C14H19BrN2O/c15-13-6-2-1-5-12(13)10-17-14(18)8-11-4-3-7-16-9-11/h1-2,5-6,11,16H,3-4,7-10H2,(H,17,18). The molecule has 1 atom stereocenters. The van der Waals surface area contributed by atoms with Crippen molar-refractivity contribution in [2.75, 3.05) is 13.1 Å². The summed E-state index contributed by atoms with van der Waals surface area (Å²) >= 11 is 3.48. The average molecular weight is 311 g/mol. The molecule has 1 amide bonds. The van der Waals surface area contributed by atoms with E-state index in [4.69, 9.17) is 0 Å². The van der Waals surface area contributed by atoms with Crippen LogP contribution in [0.3, 0.4) is 0 Å². The summed E-state index contributed by atoms with van der Waals surface area (Å²) in [5.41, 5.74) is 1.12. The zero-order valence-corrected chi connectivity index (χ0v) is 12.0. The van der Waals surface area contributed by atoms with Gasteiger partial charge in [0.2, 0.25) is 5.91 Å². The molecule has 0 aromatic heterocycles. The van der Waals surface area contributed by atoms with E-state index in [2.05, 4.69) is 26.6 Å². The first-order valence-corrected chi connectivity index (χ1v) is 7.26. The summed E-state index contributed by atoms with van der Waals surface area (Å²) in [6.07, 6.45) is 2.98. The van der Waals surface area contributed by atoms with Gasteiger partial charge < -0.3 is 10.6 Å². The minimum absolute atomic E-state index is 0.152. The Balaban J connectivity index is 1.76. The highest BCUT2D eigenvalue weighted by molar-refractivity contribution is 9.10. The lowest BCUT2D eigenvalue weighted by molar-refractivity contribution is -0.122. The molecule has 1 heterocycles. The SMILES string of the molecule is O=C(CC1CCCNC1)NCc1ccccc1Br. The number of carbonyl (C=O) groups is 1. The van der Waals surface area contributed by atoms with Gasteiger partial charge in [0.1, 0.15) is 0 Å². The van der Waals surface area contributed by atoms with Gasteiger partial charge in [0.15, 0.2) is 0 Å². The van der Waals surface area contributed by atoms with E-state index in [0.29, 0.717) is 18.9 Å². The Bertz CT molecular complexity index is 403. The third-order valence-electron chi connectivity index (χ3n) is 3.31. The van der Waals surface area contributed by atoms with Gasteiger partial charge in [0.05, 0.1) is 0 Å². The first-order chi connectivity index (χ1) is 8.75. The van der Waals surface area contributed by atoms with Crippen LogP contribution in [0.25, 0.3) is 0 Å². The smallest absolute Gasteiger partial charge is 0.220 e. The summed E-state index contributed by atoms with van der Waals surface area (Å²) in [5.74, 6) is 0.650. The number of piperidine rings is 1. The molecule has 18 heavy (non-hydrogen) atoms. The van der Waals surface area contributed by atoms with Crippen LogP contribution in [0, 0.1) is 5.92 Å². The fourth-order valence-corrected chi connectivity index (χ4v) is 2.69. The third kappa shape index (κ3) is 4.10. The average Bonchev–Trinajstić information content (AvgIpc) is 2.39. The van der Waals surface area contributed by atoms with E-state index >= 15 is 0 Å². The number of halogens is 1.